The zero-order valence-corrected chi connectivity index (χ0v) is 16.7. The molecule has 0 aliphatic carbocycles. The molecule has 3 aromatic rings. The topological polar surface area (TPSA) is 108 Å². The third-order valence-electron chi connectivity index (χ3n) is 4.47. The van der Waals surface area contributed by atoms with E-state index in [4.69, 9.17) is 4.74 Å². The van der Waals surface area contributed by atoms with Crippen molar-refractivity contribution in [1.29, 1.82) is 0 Å². The molecular weight excluding hydrogens is 400 g/mol. The normalized spacial score (nSPS) is 11.3. The van der Waals surface area contributed by atoms with Crippen molar-refractivity contribution in [2.24, 2.45) is 0 Å². The molecule has 1 atom stereocenters. The molecule has 0 aliphatic rings. The maximum Gasteiger partial charge on any atom is 0.338 e. The molecule has 0 heterocycles. The van der Waals surface area contributed by atoms with E-state index >= 15 is 0 Å². The van der Waals surface area contributed by atoms with Gasteiger partial charge in [-0.05, 0) is 17.7 Å². The Kier molecular flexibility index (Phi) is 6.95. The van der Waals surface area contributed by atoms with Crippen LogP contribution in [0.25, 0.3) is 0 Å². The Hall–Kier alpha value is -4.20. The summed E-state index contributed by atoms with van der Waals surface area (Å²) in [5.41, 5.74) is 0.988. The predicted octanol–water partition coefficient (Wildman–Crippen LogP) is 3.82. The van der Waals surface area contributed by atoms with Gasteiger partial charge in [-0.25, -0.2) is 4.79 Å². The number of ether oxygens (including phenoxy) is 2. The highest BCUT2D eigenvalue weighted by molar-refractivity contribution is 5.90. The molecule has 0 radical (unpaired) electrons. The van der Waals surface area contributed by atoms with Crippen LogP contribution in [0.15, 0.2) is 78.9 Å². The van der Waals surface area contributed by atoms with Crippen molar-refractivity contribution in [1.82, 2.24) is 5.32 Å². The van der Waals surface area contributed by atoms with Gasteiger partial charge in [-0.3, -0.25) is 14.9 Å². The SMILES string of the molecule is COC(=O)c1ccc(OC(C(=O)NCc2ccccc2)c2ccccc2)c([N+](=O)[O-])c1. The number of amides is 1. The van der Waals surface area contributed by atoms with Crippen LogP contribution in [-0.2, 0) is 16.1 Å². The van der Waals surface area contributed by atoms with Crippen molar-refractivity contribution >= 4 is 17.6 Å². The minimum atomic E-state index is -1.13. The first-order valence-corrected chi connectivity index (χ1v) is 9.39. The van der Waals surface area contributed by atoms with Gasteiger partial charge in [0, 0.05) is 18.2 Å². The molecule has 1 N–H and O–H groups in total. The van der Waals surface area contributed by atoms with Gasteiger partial charge in [0.15, 0.2) is 5.75 Å². The van der Waals surface area contributed by atoms with E-state index in [0.717, 1.165) is 11.6 Å². The fourth-order valence-corrected chi connectivity index (χ4v) is 2.91. The number of carbonyl (C=O) groups excluding carboxylic acids is 2. The smallest absolute Gasteiger partial charge is 0.338 e. The summed E-state index contributed by atoms with van der Waals surface area (Å²) in [5, 5.41) is 14.4. The Bertz CT molecular complexity index is 1070. The minimum absolute atomic E-state index is 0.00587. The number of esters is 1. The quantitative estimate of drug-likeness (QED) is 0.337. The summed E-state index contributed by atoms with van der Waals surface area (Å²) in [4.78, 5) is 35.5. The molecule has 3 aromatic carbocycles. The van der Waals surface area contributed by atoms with Crippen molar-refractivity contribution in [3.8, 4) is 5.75 Å². The van der Waals surface area contributed by atoms with Gasteiger partial charge in [-0.1, -0.05) is 60.7 Å². The summed E-state index contributed by atoms with van der Waals surface area (Å²) in [7, 11) is 1.18. The fourth-order valence-electron chi connectivity index (χ4n) is 2.91. The van der Waals surface area contributed by atoms with E-state index in [-0.39, 0.29) is 17.9 Å². The molecule has 0 aliphatic heterocycles. The van der Waals surface area contributed by atoms with Crippen molar-refractivity contribution in [3.63, 3.8) is 0 Å². The average Bonchev–Trinajstić information content (AvgIpc) is 2.81. The highest BCUT2D eigenvalue weighted by atomic mass is 16.6. The lowest BCUT2D eigenvalue weighted by molar-refractivity contribution is -0.386. The van der Waals surface area contributed by atoms with Gasteiger partial charge in [-0.2, -0.15) is 0 Å². The third kappa shape index (κ3) is 5.45. The van der Waals surface area contributed by atoms with Gasteiger partial charge in [0.05, 0.1) is 17.6 Å². The van der Waals surface area contributed by atoms with Crippen LogP contribution in [0.4, 0.5) is 5.69 Å². The fraction of sp³-hybridized carbons (Fsp3) is 0.130. The second-order valence-electron chi connectivity index (χ2n) is 6.54. The molecule has 0 spiro atoms. The van der Waals surface area contributed by atoms with E-state index in [0.29, 0.717) is 5.56 Å². The number of hydrogen-bond donors (Lipinski definition) is 1. The molecule has 8 nitrogen and oxygen atoms in total. The number of rotatable bonds is 8. The van der Waals surface area contributed by atoms with Crippen molar-refractivity contribution in [3.05, 3.63) is 106 Å². The van der Waals surface area contributed by atoms with Crippen molar-refractivity contribution in [2.75, 3.05) is 7.11 Å². The first-order valence-electron chi connectivity index (χ1n) is 9.39. The van der Waals surface area contributed by atoms with Gasteiger partial charge in [0.1, 0.15) is 0 Å². The molecule has 31 heavy (non-hydrogen) atoms. The molecule has 8 heteroatoms. The standard InChI is InChI=1S/C23H20N2O6/c1-30-23(27)18-12-13-20(19(14-18)25(28)29)31-21(17-10-6-3-7-11-17)22(26)24-15-16-8-4-2-5-9-16/h2-14,21H,15H2,1H3,(H,24,26). The van der Waals surface area contributed by atoms with Gasteiger partial charge < -0.3 is 14.8 Å². The Labute approximate surface area is 178 Å². The lowest BCUT2D eigenvalue weighted by Crippen LogP contribution is -2.32. The first-order chi connectivity index (χ1) is 15.0. The maximum atomic E-state index is 12.9. The van der Waals surface area contributed by atoms with Crippen molar-refractivity contribution < 1.29 is 24.0 Å². The van der Waals surface area contributed by atoms with Crippen LogP contribution in [0.5, 0.6) is 5.75 Å². The van der Waals surface area contributed by atoms with E-state index in [1.807, 2.05) is 30.3 Å². The second-order valence-corrected chi connectivity index (χ2v) is 6.54. The van der Waals surface area contributed by atoms with Crippen LogP contribution < -0.4 is 10.1 Å². The molecule has 0 fully saturated rings. The second kappa shape index (κ2) is 10.0. The van der Waals surface area contributed by atoms with Crippen LogP contribution in [0, 0.1) is 10.1 Å². The largest absolute Gasteiger partial charge is 0.469 e. The molecule has 1 amide bonds. The maximum absolute atomic E-state index is 12.9. The first kappa shape index (κ1) is 21.5. The van der Waals surface area contributed by atoms with E-state index in [9.17, 15) is 19.7 Å². The predicted molar refractivity (Wildman–Crippen MR) is 113 cm³/mol. The summed E-state index contributed by atoms with van der Waals surface area (Å²) in [6, 6.07) is 21.7. The van der Waals surface area contributed by atoms with Gasteiger partial charge in [0.25, 0.3) is 5.91 Å². The Morgan fingerprint density at radius 1 is 1.00 bits per heavy atom. The molecule has 3 rings (SSSR count). The Morgan fingerprint density at radius 3 is 2.26 bits per heavy atom. The molecule has 0 saturated heterocycles. The molecule has 0 saturated carbocycles. The molecular formula is C23H20N2O6. The molecule has 158 valence electrons. The Balaban J connectivity index is 1.89. The number of nitrogens with one attached hydrogen (secondary N) is 1. The van der Waals surface area contributed by atoms with Gasteiger partial charge in [0.2, 0.25) is 6.10 Å². The van der Waals surface area contributed by atoms with Crippen LogP contribution in [0.1, 0.15) is 27.6 Å². The number of hydrogen-bond acceptors (Lipinski definition) is 6. The van der Waals surface area contributed by atoms with E-state index in [1.165, 1.54) is 19.2 Å². The minimum Gasteiger partial charge on any atom is -0.469 e. The number of benzene rings is 3. The summed E-state index contributed by atoms with van der Waals surface area (Å²) in [6.45, 7) is 0.274. The number of nitro benzene ring substituents is 1. The molecule has 0 bridgehead atoms. The lowest BCUT2D eigenvalue weighted by atomic mass is 10.1. The average molecular weight is 420 g/mol. The van der Waals surface area contributed by atoms with E-state index < -0.39 is 28.6 Å². The lowest BCUT2D eigenvalue weighted by Gasteiger charge is -2.19. The summed E-state index contributed by atoms with van der Waals surface area (Å²) in [5.74, 6) is -1.31. The number of nitrogens with zero attached hydrogens (tertiary/aromatic N) is 1. The van der Waals surface area contributed by atoms with Crippen LogP contribution >= 0.6 is 0 Å². The zero-order chi connectivity index (χ0) is 22.2. The number of nitro groups is 1. The van der Waals surface area contributed by atoms with E-state index in [2.05, 4.69) is 10.1 Å². The highest BCUT2D eigenvalue weighted by Crippen LogP contribution is 2.32. The van der Waals surface area contributed by atoms with Gasteiger partial charge in [-0.15, -0.1) is 0 Å². The summed E-state index contributed by atoms with van der Waals surface area (Å²) >= 11 is 0. The number of carbonyl (C=O) groups is 2. The molecule has 0 aromatic heterocycles. The molecule has 1 unspecified atom stereocenters. The third-order valence-corrected chi connectivity index (χ3v) is 4.47. The monoisotopic (exact) mass is 420 g/mol. The highest BCUT2D eigenvalue weighted by Gasteiger charge is 2.27. The van der Waals surface area contributed by atoms with Crippen molar-refractivity contribution in [2.45, 2.75) is 12.6 Å². The van der Waals surface area contributed by atoms with Crippen LogP contribution in [0.3, 0.4) is 0 Å². The van der Waals surface area contributed by atoms with Gasteiger partial charge >= 0.3 is 11.7 Å². The van der Waals surface area contributed by atoms with Crippen LogP contribution in [-0.4, -0.2) is 23.9 Å². The van der Waals surface area contributed by atoms with Crippen LogP contribution in [0.2, 0.25) is 0 Å². The van der Waals surface area contributed by atoms with E-state index in [1.54, 1.807) is 30.3 Å². The number of methoxy groups -OCH3 is 1. The zero-order valence-electron chi connectivity index (χ0n) is 16.7. The summed E-state index contributed by atoms with van der Waals surface area (Å²) < 4.78 is 10.4. The Morgan fingerprint density at radius 2 is 1.65 bits per heavy atom. The summed E-state index contributed by atoms with van der Waals surface area (Å²) in [6.07, 6.45) is -1.13.